The first-order chi connectivity index (χ1) is 8.79. The molecule has 0 bridgehead atoms. The molecule has 1 heterocycles. The first-order valence-corrected chi connectivity index (χ1v) is 6.68. The summed E-state index contributed by atoms with van der Waals surface area (Å²) in [7, 11) is 0. The van der Waals surface area contributed by atoms with Gasteiger partial charge in [0.2, 0.25) is 0 Å². The molecule has 0 saturated carbocycles. The Kier molecular flexibility index (Phi) is 2.96. The fraction of sp³-hybridized carbons (Fsp3) is 0.267. The quantitative estimate of drug-likeness (QED) is 0.759. The molecule has 0 saturated heterocycles. The highest BCUT2D eigenvalue weighted by molar-refractivity contribution is 6.17. The molecule has 2 nitrogen and oxygen atoms in total. The minimum absolute atomic E-state index is 0.339. The van der Waals surface area contributed by atoms with Gasteiger partial charge in [-0.1, -0.05) is 18.2 Å². The van der Waals surface area contributed by atoms with Crippen molar-refractivity contribution in [2.45, 2.75) is 25.1 Å². The van der Waals surface area contributed by atoms with Crippen LogP contribution in [0.1, 0.15) is 23.2 Å². The summed E-state index contributed by atoms with van der Waals surface area (Å²) in [4.78, 5) is 11.5. The summed E-state index contributed by atoms with van der Waals surface area (Å²) >= 11 is 5.99. The van der Waals surface area contributed by atoms with Gasteiger partial charge in [0.05, 0.1) is 0 Å². The Morgan fingerprint density at radius 2 is 2.00 bits per heavy atom. The minimum atomic E-state index is 0.339. The lowest BCUT2D eigenvalue weighted by Crippen LogP contribution is -2.15. The Labute approximate surface area is 111 Å². The molecule has 18 heavy (non-hydrogen) atoms. The van der Waals surface area contributed by atoms with Crippen molar-refractivity contribution in [3.05, 3.63) is 53.3 Å². The largest absolute Gasteiger partial charge is 0.320 e. The first kappa shape index (κ1) is 11.5. The lowest BCUT2D eigenvalue weighted by Gasteiger charge is -2.17. The molecule has 2 aromatic rings. The number of hydrogen-bond acceptors (Lipinski definition) is 1. The topological polar surface area (TPSA) is 22.0 Å². The SMILES string of the molecule is O=C1CCc2c(ccn2-c2ccccc2CCl)C1. The number of rotatable bonds is 2. The lowest BCUT2D eigenvalue weighted by atomic mass is 9.97. The van der Waals surface area contributed by atoms with Crippen molar-refractivity contribution in [1.29, 1.82) is 0 Å². The molecule has 1 aliphatic rings. The highest BCUT2D eigenvalue weighted by atomic mass is 35.5. The maximum atomic E-state index is 11.5. The van der Waals surface area contributed by atoms with Crippen LogP contribution in [0.25, 0.3) is 5.69 Å². The highest BCUT2D eigenvalue weighted by Crippen LogP contribution is 2.26. The molecule has 1 aromatic carbocycles. The number of alkyl halides is 1. The molecule has 3 rings (SSSR count). The normalized spacial score (nSPS) is 14.6. The van der Waals surface area contributed by atoms with Gasteiger partial charge >= 0.3 is 0 Å². The molecule has 0 unspecified atom stereocenters. The van der Waals surface area contributed by atoms with Crippen molar-refractivity contribution in [2.75, 3.05) is 0 Å². The third-order valence-corrected chi connectivity index (χ3v) is 3.80. The van der Waals surface area contributed by atoms with Crippen LogP contribution in [-0.4, -0.2) is 10.4 Å². The van der Waals surface area contributed by atoms with E-state index in [1.165, 1.54) is 5.69 Å². The molecule has 0 aliphatic heterocycles. The second kappa shape index (κ2) is 4.62. The van der Waals surface area contributed by atoms with Gasteiger partial charge in [0.1, 0.15) is 5.78 Å². The van der Waals surface area contributed by atoms with E-state index in [2.05, 4.69) is 22.9 Å². The van der Waals surface area contributed by atoms with Gasteiger partial charge in [-0.2, -0.15) is 0 Å². The lowest BCUT2D eigenvalue weighted by molar-refractivity contribution is -0.118. The van der Waals surface area contributed by atoms with Crippen molar-refractivity contribution in [3.63, 3.8) is 0 Å². The number of fused-ring (bicyclic) bond motifs is 1. The summed E-state index contributed by atoms with van der Waals surface area (Å²) in [6.07, 6.45) is 4.11. The molecule has 0 atom stereocenters. The molecule has 0 fully saturated rings. The predicted octanol–water partition coefficient (Wildman–Crippen LogP) is 3.27. The molecule has 0 amide bonds. The standard InChI is InChI=1S/C15H14ClNO/c16-10-12-3-1-2-4-14(12)17-8-7-11-9-13(18)5-6-15(11)17/h1-4,7-8H,5-6,9-10H2. The van der Waals surface area contributed by atoms with Crippen molar-refractivity contribution in [1.82, 2.24) is 4.57 Å². The van der Waals surface area contributed by atoms with Crippen LogP contribution >= 0.6 is 11.6 Å². The fourth-order valence-electron chi connectivity index (χ4n) is 2.59. The molecular formula is C15H14ClNO. The van der Waals surface area contributed by atoms with Gasteiger partial charge in [0.25, 0.3) is 0 Å². The van der Waals surface area contributed by atoms with E-state index in [0.717, 1.165) is 23.2 Å². The molecule has 0 spiro atoms. The molecular weight excluding hydrogens is 246 g/mol. The van der Waals surface area contributed by atoms with Crippen LogP contribution in [-0.2, 0) is 23.5 Å². The zero-order valence-electron chi connectivity index (χ0n) is 10.0. The summed E-state index contributed by atoms with van der Waals surface area (Å²) in [5, 5.41) is 0. The van der Waals surface area contributed by atoms with E-state index in [1.807, 2.05) is 18.2 Å². The van der Waals surface area contributed by atoms with Gasteiger partial charge in [0, 0.05) is 36.3 Å². The molecule has 1 aliphatic carbocycles. The van der Waals surface area contributed by atoms with Crippen LogP contribution in [0.3, 0.4) is 0 Å². The van der Waals surface area contributed by atoms with Gasteiger partial charge in [-0.3, -0.25) is 4.79 Å². The number of carbonyl (C=O) groups excluding carboxylic acids is 1. The van der Waals surface area contributed by atoms with Crippen LogP contribution in [0.15, 0.2) is 36.5 Å². The van der Waals surface area contributed by atoms with Gasteiger partial charge in [0.15, 0.2) is 0 Å². The number of ketones is 1. The van der Waals surface area contributed by atoms with E-state index < -0.39 is 0 Å². The molecule has 92 valence electrons. The van der Waals surface area contributed by atoms with Crippen molar-refractivity contribution in [3.8, 4) is 5.69 Å². The van der Waals surface area contributed by atoms with Gasteiger partial charge in [-0.05, 0) is 29.7 Å². The van der Waals surface area contributed by atoms with Crippen molar-refractivity contribution in [2.24, 2.45) is 0 Å². The van der Waals surface area contributed by atoms with Crippen molar-refractivity contribution >= 4 is 17.4 Å². The molecule has 3 heteroatoms. The van der Waals surface area contributed by atoms with E-state index in [4.69, 9.17) is 11.6 Å². The number of nitrogens with zero attached hydrogens (tertiary/aromatic N) is 1. The monoisotopic (exact) mass is 259 g/mol. The summed E-state index contributed by atoms with van der Waals surface area (Å²) in [5.41, 5.74) is 4.67. The second-order valence-corrected chi connectivity index (χ2v) is 4.90. The average Bonchev–Trinajstić information content (AvgIpc) is 2.81. The van der Waals surface area contributed by atoms with E-state index in [0.29, 0.717) is 24.5 Å². The molecule has 1 aromatic heterocycles. The fourth-order valence-corrected chi connectivity index (χ4v) is 2.82. The number of carbonyl (C=O) groups is 1. The second-order valence-electron chi connectivity index (χ2n) is 4.64. The smallest absolute Gasteiger partial charge is 0.137 e. The molecule has 0 N–H and O–H groups in total. The van der Waals surface area contributed by atoms with Crippen LogP contribution in [0.5, 0.6) is 0 Å². The number of benzene rings is 1. The van der Waals surface area contributed by atoms with E-state index in [1.54, 1.807) is 0 Å². The maximum absolute atomic E-state index is 11.5. The van der Waals surface area contributed by atoms with Crippen LogP contribution in [0.4, 0.5) is 0 Å². The Balaban J connectivity index is 2.10. The van der Waals surface area contributed by atoms with Gasteiger partial charge in [-0.15, -0.1) is 11.6 Å². The third kappa shape index (κ3) is 1.87. The number of halogens is 1. The summed E-state index contributed by atoms with van der Waals surface area (Å²) in [6, 6.07) is 10.2. The van der Waals surface area contributed by atoms with Crippen LogP contribution in [0.2, 0.25) is 0 Å². The Hall–Kier alpha value is -1.54. The zero-order valence-corrected chi connectivity index (χ0v) is 10.8. The predicted molar refractivity (Wildman–Crippen MR) is 72.4 cm³/mol. The van der Waals surface area contributed by atoms with Crippen molar-refractivity contribution < 1.29 is 4.79 Å². The van der Waals surface area contributed by atoms with E-state index >= 15 is 0 Å². The number of para-hydroxylation sites is 1. The van der Waals surface area contributed by atoms with Gasteiger partial charge in [-0.25, -0.2) is 0 Å². The molecule has 0 radical (unpaired) electrons. The average molecular weight is 260 g/mol. The number of aromatic nitrogens is 1. The number of hydrogen-bond donors (Lipinski definition) is 0. The summed E-state index contributed by atoms with van der Waals surface area (Å²) < 4.78 is 2.18. The third-order valence-electron chi connectivity index (χ3n) is 3.51. The van der Waals surface area contributed by atoms with Crippen LogP contribution in [0, 0.1) is 0 Å². The Morgan fingerprint density at radius 1 is 1.17 bits per heavy atom. The van der Waals surface area contributed by atoms with Crippen LogP contribution < -0.4 is 0 Å². The van der Waals surface area contributed by atoms with Gasteiger partial charge < -0.3 is 4.57 Å². The first-order valence-electron chi connectivity index (χ1n) is 6.14. The maximum Gasteiger partial charge on any atom is 0.137 e. The zero-order chi connectivity index (χ0) is 12.5. The number of Topliss-reactive ketones (excluding diaryl/α,β-unsaturated/α-hetero) is 1. The Morgan fingerprint density at radius 3 is 2.83 bits per heavy atom. The van der Waals surface area contributed by atoms with E-state index in [-0.39, 0.29) is 0 Å². The summed E-state index contributed by atoms with van der Waals surface area (Å²) in [5.74, 6) is 0.841. The minimum Gasteiger partial charge on any atom is -0.320 e. The van der Waals surface area contributed by atoms with E-state index in [9.17, 15) is 4.79 Å². The summed E-state index contributed by atoms with van der Waals surface area (Å²) in [6.45, 7) is 0. The Bertz CT molecular complexity index is 600. The highest BCUT2D eigenvalue weighted by Gasteiger charge is 2.20.